The van der Waals surface area contributed by atoms with Crippen molar-refractivity contribution in [3.8, 4) is 39.9 Å². The lowest BCUT2D eigenvalue weighted by molar-refractivity contribution is 0.673. The average Bonchev–Trinajstić information content (AvgIpc) is 3.57. The smallest absolute Gasteiger partial charge is 0.164 e. The van der Waals surface area contributed by atoms with E-state index in [1.54, 1.807) is 0 Å². The van der Waals surface area contributed by atoms with Crippen molar-refractivity contribution >= 4 is 33.0 Å². The van der Waals surface area contributed by atoms with E-state index in [4.69, 9.17) is 19.4 Å². The molecule has 0 aliphatic carbocycles. The van der Waals surface area contributed by atoms with Crippen molar-refractivity contribution < 1.29 is 4.42 Å². The molecule has 0 unspecified atom stereocenters. The lowest BCUT2D eigenvalue weighted by atomic mass is 10.1. The van der Waals surface area contributed by atoms with Crippen LogP contribution < -0.4 is 0 Å². The van der Waals surface area contributed by atoms with Gasteiger partial charge in [0.05, 0.1) is 5.52 Å². The second kappa shape index (κ2) is 9.03. The first kappa shape index (κ1) is 22.4. The fourth-order valence-electron chi connectivity index (χ4n) is 5.41. The number of fused-ring (bicyclic) bond motifs is 5. The van der Waals surface area contributed by atoms with Crippen LogP contribution in [-0.2, 0) is 0 Å². The number of nitrogens with zero attached hydrogens (tertiary/aromatic N) is 4. The summed E-state index contributed by atoms with van der Waals surface area (Å²) in [6.45, 7) is 0. The van der Waals surface area contributed by atoms with Crippen LogP contribution in [0.4, 0.5) is 0 Å². The topological polar surface area (TPSA) is 56.7 Å². The fourth-order valence-corrected chi connectivity index (χ4v) is 5.41. The molecule has 8 aromatic rings. The van der Waals surface area contributed by atoms with Crippen molar-refractivity contribution in [2.24, 2.45) is 0 Å². The molecule has 8 rings (SSSR count). The van der Waals surface area contributed by atoms with Gasteiger partial charge in [-0.05, 0) is 36.4 Å². The third kappa shape index (κ3) is 3.60. The normalized spacial score (nSPS) is 11.5. The van der Waals surface area contributed by atoms with E-state index in [1.807, 2.05) is 72.8 Å². The molecule has 0 radical (unpaired) electrons. The van der Waals surface area contributed by atoms with Crippen molar-refractivity contribution in [1.82, 2.24) is 19.5 Å². The summed E-state index contributed by atoms with van der Waals surface area (Å²) >= 11 is 0. The van der Waals surface area contributed by atoms with E-state index in [1.165, 1.54) is 0 Å². The lowest BCUT2D eigenvalue weighted by Crippen LogP contribution is -2.01. The first-order chi connectivity index (χ1) is 19.8. The van der Waals surface area contributed by atoms with Crippen LogP contribution in [0.15, 0.2) is 138 Å². The van der Waals surface area contributed by atoms with E-state index in [0.717, 1.165) is 55.3 Å². The summed E-state index contributed by atoms with van der Waals surface area (Å²) in [5.74, 6) is 1.91. The minimum atomic E-state index is 0.624. The second-order valence-corrected chi connectivity index (χ2v) is 9.72. The van der Waals surface area contributed by atoms with Crippen LogP contribution in [0.1, 0.15) is 0 Å². The third-order valence-corrected chi connectivity index (χ3v) is 7.24. The predicted molar refractivity (Wildman–Crippen MR) is 160 cm³/mol. The molecule has 5 nitrogen and oxygen atoms in total. The van der Waals surface area contributed by atoms with Crippen molar-refractivity contribution in [2.45, 2.75) is 0 Å². The minimum absolute atomic E-state index is 0.624. The Hall–Kier alpha value is -5.55. The molecule has 0 bridgehead atoms. The predicted octanol–water partition coefficient (Wildman–Crippen LogP) is 8.72. The average molecular weight is 515 g/mol. The zero-order valence-electron chi connectivity index (χ0n) is 21.4. The lowest BCUT2D eigenvalue weighted by Gasteiger charge is -2.11. The molecule has 3 aromatic heterocycles. The first-order valence-electron chi connectivity index (χ1n) is 13.2. The van der Waals surface area contributed by atoms with Crippen molar-refractivity contribution in [2.75, 3.05) is 0 Å². The van der Waals surface area contributed by atoms with Crippen molar-refractivity contribution in [1.29, 1.82) is 0 Å². The van der Waals surface area contributed by atoms with Crippen LogP contribution in [0, 0.1) is 0 Å². The van der Waals surface area contributed by atoms with Crippen LogP contribution in [-0.4, -0.2) is 19.5 Å². The third-order valence-electron chi connectivity index (χ3n) is 7.24. The van der Waals surface area contributed by atoms with E-state index < -0.39 is 0 Å². The largest absolute Gasteiger partial charge is 0.454 e. The number of rotatable bonds is 4. The summed E-state index contributed by atoms with van der Waals surface area (Å²) in [6, 6.07) is 45.0. The highest BCUT2D eigenvalue weighted by atomic mass is 16.3. The molecule has 0 atom stereocenters. The minimum Gasteiger partial charge on any atom is -0.454 e. The summed E-state index contributed by atoms with van der Waals surface area (Å²) in [6.07, 6.45) is 0. The summed E-state index contributed by atoms with van der Waals surface area (Å²) in [7, 11) is 0. The van der Waals surface area contributed by atoms with E-state index >= 15 is 0 Å². The molecule has 0 fully saturated rings. The Kier molecular flexibility index (Phi) is 5.07. The van der Waals surface area contributed by atoms with E-state index in [9.17, 15) is 0 Å². The molecule has 0 aliphatic rings. The maximum absolute atomic E-state index is 6.36. The van der Waals surface area contributed by atoms with Gasteiger partial charge in [0.25, 0.3) is 0 Å². The van der Waals surface area contributed by atoms with E-state index in [2.05, 4.69) is 65.2 Å². The Morgan fingerprint density at radius 1 is 0.475 bits per heavy atom. The van der Waals surface area contributed by atoms with Crippen LogP contribution in [0.3, 0.4) is 0 Å². The van der Waals surface area contributed by atoms with Gasteiger partial charge in [-0.1, -0.05) is 97.1 Å². The van der Waals surface area contributed by atoms with Gasteiger partial charge in [0.2, 0.25) is 0 Å². The fraction of sp³-hybridized carbons (Fsp3) is 0. The van der Waals surface area contributed by atoms with Gasteiger partial charge >= 0.3 is 0 Å². The molecule has 0 saturated carbocycles. The monoisotopic (exact) mass is 514 g/mol. The van der Waals surface area contributed by atoms with Crippen LogP contribution in [0.5, 0.6) is 0 Å². The number of aromatic nitrogens is 4. The van der Waals surface area contributed by atoms with E-state index in [-0.39, 0.29) is 0 Å². The van der Waals surface area contributed by atoms with Gasteiger partial charge in [0, 0.05) is 33.2 Å². The molecular formula is C35H22N4O. The standard InChI is InChI=1S/C35H22N4O/c1-3-12-23(13-4-1)33-36-34(24-14-5-2-6-15-24)38-35(37-33)25-16-11-17-26(22-25)39-29-20-9-7-18-27(29)32-31(39)28-19-8-10-21-30(28)40-32/h1-22H. The number of furan rings is 1. The van der Waals surface area contributed by atoms with Crippen LogP contribution in [0.2, 0.25) is 0 Å². The molecule has 3 heterocycles. The highest BCUT2D eigenvalue weighted by Gasteiger charge is 2.19. The quantitative estimate of drug-likeness (QED) is 0.236. The SMILES string of the molecule is c1ccc(-c2nc(-c3ccccc3)nc(-c3cccc(-n4c5ccccc5c5oc6ccccc6c54)c3)n2)cc1. The van der Waals surface area contributed by atoms with Gasteiger partial charge in [-0.15, -0.1) is 0 Å². The van der Waals surface area contributed by atoms with Gasteiger partial charge in [0.15, 0.2) is 23.1 Å². The number of hydrogen-bond acceptors (Lipinski definition) is 4. The zero-order chi connectivity index (χ0) is 26.5. The Morgan fingerprint density at radius 3 is 1.73 bits per heavy atom. The molecule has 5 aromatic carbocycles. The summed E-state index contributed by atoms with van der Waals surface area (Å²) < 4.78 is 8.63. The highest BCUT2D eigenvalue weighted by molar-refractivity contribution is 6.16. The Labute approximate surface area is 230 Å². The first-order valence-corrected chi connectivity index (χ1v) is 13.2. The number of hydrogen-bond donors (Lipinski definition) is 0. The maximum atomic E-state index is 6.36. The molecule has 40 heavy (non-hydrogen) atoms. The van der Waals surface area contributed by atoms with Gasteiger partial charge in [-0.2, -0.15) is 0 Å². The molecule has 5 heteroatoms. The van der Waals surface area contributed by atoms with Gasteiger partial charge in [0.1, 0.15) is 11.1 Å². The Morgan fingerprint density at radius 2 is 1.02 bits per heavy atom. The Balaban J connectivity index is 1.36. The maximum Gasteiger partial charge on any atom is 0.164 e. The van der Waals surface area contributed by atoms with Crippen LogP contribution >= 0.6 is 0 Å². The molecular weight excluding hydrogens is 492 g/mol. The van der Waals surface area contributed by atoms with Gasteiger partial charge in [-0.3, -0.25) is 0 Å². The van der Waals surface area contributed by atoms with Crippen molar-refractivity contribution in [3.05, 3.63) is 133 Å². The Bertz CT molecular complexity index is 2100. The zero-order valence-corrected chi connectivity index (χ0v) is 21.4. The molecule has 0 saturated heterocycles. The molecule has 0 N–H and O–H groups in total. The molecule has 0 amide bonds. The summed E-state index contributed by atoms with van der Waals surface area (Å²) in [5, 5.41) is 2.16. The highest BCUT2D eigenvalue weighted by Crippen LogP contribution is 2.39. The summed E-state index contributed by atoms with van der Waals surface area (Å²) in [4.78, 5) is 14.7. The number of benzene rings is 5. The number of para-hydroxylation sites is 2. The second-order valence-electron chi connectivity index (χ2n) is 9.72. The van der Waals surface area contributed by atoms with E-state index in [0.29, 0.717) is 17.5 Å². The van der Waals surface area contributed by atoms with Crippen molar-refractivity contribution in [3.63, 3.8) is 0 Å². The van der Waals surface area contributed by atoms with Gasteiger partial charge < -0.3 is 8.98 Å². The molecule has 188 valence electrons. The molecule has 0 spiro atoms. The molecule has 0 aliphatic heterocycles. The van der Waals surface area contributed by atoms with Crippen LogP contribution in [0.25, 0.3) is 72.8 Å². The summed E-state index contributed by atoms with van der Waals surface area (Å²) in [5.41, 5.74) is 7.72. The van der Waals surface area contributed by atoms with Gasteiger partial charge in [-0.25, -0.2) is 15.0 Å².